The molecular formula is C9H16N6. The average molecular weight is 208 g/mol. The minimum Gasteiger partial charge on any atom is -0.286 e. The normalized spacial score (nSPS) is 43.2. The first kappa shape index (κ1) is 9.06. The van der Waals surface area contributed by atoms with Gasteiger partial charge in [-0.2, -0.15) is 10.2 Å². The summed E-state index contributed by atoms with van der Waals surface area (Å²) in [4.78, 5) is 0. The second kappa shape index (κ2) is 3.75. The van der Waals surface area contributed by atoms with E-state index in [-0.39, 0.29) is 0 Å². The zero-order chi connectivity index (χ0) is 10.1. The van der Waals surface area contributed by atoms with Gasteiger partial charge in [0.1, 0.15) is 0 Å². The van der Waals surface area contributed by atoms with Crippen LogP contribution < -0.4 is 10.9 Å². The Morgan fingerprint density at radius 2 is 1.40 bits per heavy atom. The zero-order valence-corrected chi connectivity index (χ0v) is 8.63. The molecule has 4 atom stereocenters. The van der Waals surface area contributed by atoms with Gasteiger partial charge in [-0.3, -0.25) is 10.9 Å². The number of nitrogens with zero attached hydrogens (tertiary/aromatic N) is 4. The number of hydrogen-bond acceptors (Lipinski definition) is 6. The molecule has 6 heteroatoms. The van der Waals surface area contributed by atoms with Crippen LogP contribution in [0.4, 0.5) is 0 Å². The Labute approximate surface area is 88.6 Å². The second-order valence-corrected chi connectivity index (χ2v) is 4.55. The highest BCUT2D eigenvalue weighted by Crippen LogP contribution is 2.26. The molecule has 6 nitrogen and oxygen atoms in total. The van der Waals surface area contributed by atoms with E-state index in [9.17, 15) is 0 Å². The van der Waals surface area contributed by atoms with E-state index in [1.807, 2.05) is 0 Å². The Kier molecular flexibility index (Phi) is 2.26. The van der Waals surface area contributed by atoms with Crippen molar-refractivity contribution in [2.45, 2.75) is 56.3 Å². The molecule has 3 aliphatic rings. The molecule has 0 radical (unpaired) electrons. The minimum atomic E-state index is 0.367. The van der Waals surface area contributed by atoms with Crippen LogP contribution in [0.25, 0.3) is 0 Å². The largest absolute Gasteiger partial charge is 0.286 e. The Morgan fingerprint density at radius 3 is 2.20 bits per heavy atom. The van der Waals surface area contributed by atoms with Gasteiger partial charge >= 0.3 is 0 Å². The van der Waals surface area contributed by atoms with Crippen LogP contribution >= 0.6 is 0 Å². The molecule has 1 aliphatic carbocycles. The topological polar surface area (TPSA) is 73.5 Å². The molecule has 2 aliphatic heterocycles. The third-order valence-electron chi connectivity index (χ3n) is 3.58. The van der Waals surface area contributed by atoms with E-state index in [0.717, 1.165) is 25.7 Å². The molecule has 15 heavy (non-hydrogen) atoms. The van der Waals surface area contributed by atoms with E-state index in [2.05, 4.69) is 31.5 Å². The second-order valence-electron chi connectivity index (χ2n) is 4.55. The van der Waals surface area contributed by atoms with Crippen LogP contribution in [0, 0.1) is 0 Å². The van der Waals surface area contributed by atoms with Crippen LogP contribution in [0.2, 0.25) is 0 Å². The summed E-state index contributed by atoms with van der Waals surface area (Å²) in [5.74, 6) is 0. The SMILES string of the molecule is C1CC2N=NNC2CCC2N=NNC2C1. The molecule has 3 rings (SSSR count). The standard InChI is InChI=1S/C9H16N6/c1-2-6-8(12-14-10-6)4-5-9-7(3-1)11-15-13-9/h6-9H,1-5H2,(H,10,12)(H,11,13). The van der Waals surface area contributed by atoms with Gasteiger partial charge in [0.25, 0.3) is 0 Å². The summed E-state index contributed by atoms with van der Waals surface area (Å²) in [7, 11) is 0. The monoisotopic (exact) mass is 208 g/mol. The summed E-state index contributed by atoms with van der Waals surface area (Å²) >= 11 is 0. The molecule has 0 aromatic rings. The third kappa shape index (κ3) is 1.68. The lowest BCUT2D eigenvalue weighted by molar-refractivity contribution is 0.430. The number of fused-ring (bicyclic) bond motifs is 2. The molecule has 2 N–H and O–H groups in total. The lowest BCUT2D eigenvalue weighted by Gasteiger charge is -2.15. The van der Waals surface area contributed by atoms with Gasteiger partial charge in [-0.15, -0.1) is 0 Å². The van der Waals surface area contributed by atoms with Crippen molar-refractivity contribution in [3.8, 4) is 0 Å². The molecule has 2 heterocycles. The average Bonchev–Trinajstić information content (AvgIpc) is 2.81. The predicted octanol–water partition coefficient (Wildman–Crippen LogP) is 1.37. The molecule has 0 saturated heterocycles. The van der Waals surface area contributed by atoms with Crippen molar-refractivity contribution in [2.24, 2.45) is 20.7 Å². The van der Waals surface area contributed by atoms with Crippen LogP contribution in [0.1, 0.15) is 32.1 Å². The Bertz CT molecular complexity index is 288. The highest BCUT2D eigenvalue weighted by atomic mass is 15.5. The summed E-state index contributed by atoms with van der Waals surface area (Å²) in [6.07, 6.45) is 5.64. The molecule has 0 aromatic heterocycles. The fourth-order valence-electron chi connectivity index (χ4n) is 2.63. The van der Waals surface area contributed by atoms with Crippen molar-refractivity contribution in [3.05, 3.63) is 0 Å². The van der Waals surface area contributed by atoms with Gasteiger partial charge in [0, 0.05) is 0 Å². The van der Waals surface area contributed by atoms with Crippen molar-refractivity contribution < 1.29 is 0 Å². The minimum absolute atomic E-state index is 0.367. The lowest BCUT2D eigenvalue weighted by atomic mass is 9.99. The first-order chi connectivity index (χ1) is 7.43. The molecule has 1 fully saturated rings. The molecule has 0 amide bonds. The summed E-state index contributed by atoms with van der Waals surface area (Å²) in [5, 5.41) is 16.3. The van der Waals surface area contributed by atoms with Gasteiger partial charge in [-0.25, -0.2) is 0 Å². The Balaban J connectivity index is 1.69. The zero-order valence-electron chi connectivity index (χ0n) is 8.63. The van der Waals surface area contributed by atoms with E-state index in [4.69, 9.17) is 0 Å². The van der Waals surface area contributed by atoms with Crippen molar-refractivity contribution in [1.29, 1.82) is 0 Å². The van der Waals surface area contributed by atoms with Crippen LogP contribution in [-0.4, -0.2) is 24.2 Å². The maximum Gasteiger partial charge on any atom is 0.0947 e. The van der Waals surface area contributed by atoms with Gasteiger partial charge in [-0.05, 0) is 32.1 Å². The van der Waals surface area contributed by atoms with Crippen LogP contribution in [0.15, 0.2) is 20.7 Å². The Hall–Kier alpha value is -1.20. The third-order valence-corrected chi connectivity index (χ3v) is 3.58. The number of hydrogen-bond donors (Lipinski definition) is 2. The molecule has 0 bridgehead atoms. The molecule has 82 valence electrons. The highest BCUT2D eigenvalue weighted by Gasteiger charge is 2.32. The number of rotatable bonds is 0. The van der Waals surface area contributed by atoms with Crippen molar-refractivity contribution in [1.82, 2.24) is 10.9 Å². The fourth-order valence-corrected chi connectivity index (χ4v) is 2.63. The summed E-state index contributed by atoms with van der Waals surface area (Å²) in [6, 6.07) is 1.65. The molecule has 1 saturated carbocycles. The smallest absolute Gasteiger partial charge is 0.0947 e. The summed E-state index contributed by atoms with van der Waals surface area (Å²) < 4.78 is 0. The van der Waals surface area contributed by atoms with Crippen LogP contribution in [0.5, 0.6) is 0 Å². The first-order valence-corrected chi connectivity index (χ1v) is 5.74. The lowest BCUT2D eigenvalue weighted by Crippen LogP contribution is -2.32. The molecule has 0 aromatic carbocycles. The number of nitrogens with one attached hydrogen (secondary N) is 2. The molecule has 4 unspecified atom stereocenters. The van der Waals surface area contributed by atoms with Gasteiger partial charge in [-0.1, -0.05) is 10.4 Å². The van der Waals surface area contributed by atoms with Crippen LogP contribution in [-0.2, 0) is 0 Å². The van der Waals surface area contributed by atoms with Gasteiger partial charge in [0.2, 0.25) is 0 Å². The Morgan fingerprint density at radius 1 is 0.733 bits per heavy atom. The van der Waals surface area contributed by atoms with E-state index in [1.54, 1.807) is 0 Å². The van der Waals surface area contributed by atoms with Crippen molar-refractivity contribution >= 4 is 0 Å². The molecular weight excluding hydrogens is 192 g/mol. The summed E-state index contributed by atoms with van der Waals surface area (Å²) in [5.41, 5.74) is 6.20. The van der Waals surface area contributed by atoms with Crippen molar-refractivity contribution in [3.63, 3.8) is 0 Å². The van der Waals surface area contributed by atoms with Crippen molar-refractivity contribution in [2.75, 3.05) is 0 Å². The van der Waals surface area contributed by atoms with Gasteiger partial charge < -0.3 is 0 Å². The quantitative estimate of drug-likeness (QED) is 0.631. The highest BCUT2D eigenvalue weighted by molar-refractivity contribution is 4.91. The molecule has 0 spiro atoms. The van der Waals surface area contributed by atoms with Crippen LogP contribution in [0.3, 0.4) is 0 Å². The van der Waals surface area contributed by atoms with E-state index in [0.29, 0.717) is 24.2 Å². The van der Waals surface area contributed by atoms with Gasteiger partial charge in [0.15, 0.2) is 0 Å². The van der Waals surface area contributed by atoms with E-state index in [1.165, 1.54) is 6.42 Å². The van der Waals surface area contributed by atoms with Gasteiger partial charge in [0.05, 0.1) is 24.2 Å². The predicted molar refractivity (Wildman–Crippen MR) is 54.2 cm³/mol. The summed E-state index contributed by atoms with van der Waals surface area (Å²) in [6.45, 7) is 0. The van der Waals surface area contributed by atoms with E-state index >= 15 is 0 Å². The maximum atomic E-state index is 4.24. The maximum absolute atomic E-state index is 4.24. The fraction of sp³-hybridized carbons (Fsp3) is 1.00. The first-order valence-electron chi connectivity index (χ1n) is 5.74. The van der Waals surface area contributed by atoms with E-state index < -0.39 is 0 Å².